The van der Waals surface area contributed by atoms with Gasteiger partial charge in [0.25, 0.3) is 0 Å². The largest absolute Gasteiger partial charge is 0.342 e. The van der Waals surface area contributed by atoms with Crippen LogP contribution in [-0.4, -0.2) is 29.9 Å². The third-order valence-corrected chi connectivity index (χ3v) is 5.46. The Kier molecular flexibility index (Phi) is 5.31. The van der Waals surface area contributed by atoms with Crippen LogP contribution < -0.4 is 5.73 Å². The van der Waals surface area contributed by atoms with E-state index >= 15 is 0 Å². The van der Waals surface area contributed by atoms with Gasteiger partial charge in [-0.2, -0.15) is 0 Å². The minimum atomic E-state index is -0.109. The lowest BCUT2D eigenvalue weighted by Gasteiger charge is -2.36. The Labute approximate surface area is 138 Å². The van der Waals surface area contributed by atoms with Crippen LogP contribution in [0.15, 0.2) is 24.3 Å². The van der Waals surface area contributed by atoms with Gasteiger partial charge in [-0.25, -0.2) is 4.39 Å². The van der Waals surface area contributed by atoms with Crippen molar-refractivity contribution in [3.8, 4) is 0 Å². The van der Waals surface area contributed by atoms with Gasteiger partial charge in [0.05, 0.1) is 0 Å². The van der Waals surface area contributed by atoms with E-state index < -0.39 is 0 Å². The fraction of sp³-hybridized carbons (Fsp3) is 0.632. The number of amides is 1. The second-order valence-corrected chi connectivity index (χ2v) is 7.19. The Bertz CT molecular complexity index is 540. The molecule has 4 heteroatoms. The van der Waals surface area contributed by atoms with E-state index in [0.717, 1.165) is 63.6 Å². The molecule has 2 fully saturated rings. The van der Waals surface area contributed by atoms with Crippen LogP contribution in [0.25, 0.3) is 0 Å². The molecule has 1 heterocycles. The summed E-state index contributed by atoms with van der Waals surface area (Å²) in [5.41, 5.74) is 6.81. The molecule has 1 aliphatic heterocycles. The molecule has 0 radical (unpaired) electrons. The van der Waals surface area contributed by atoms with Crippen LogP contribution in [-0.2, 0) is 11.2 Å². The minimum Gasteiger partial charge on any atom is -0.342 e. The number of benzene rings is 1. The predicted octanol–water partition coefficient (Wildman–Crippen LogP) is 3.12. The van der Waals surface area contributed by atoms with Crippen molar-refractivity contribution in [3.63, 3.8) is 0 Å². The molecule has 1 amide bonds. The van der Waals surface area contributed by atoms with E-state index in [1.807, 2.05) is 17.0 Å². The van der Waals surface area contributed by atoms with E-state index in [2.05, 4.69) is 0 Å². The molecule has 2 aliphatic rings. The third kappa shape index (κ3) is 4.11. The van der Waals surface area contributed by atoms with E-state index in [1.54, 1.807) is 6.07 Å². The van der Waals surface area contributed by atoms with Crippen molar-refractivity contribution < 1.29 is 9.18 Å². The smallest absolute Gasteiger partial charge is 0.225 e. The molecule has 3 rings (SSSR count). The van der Waals surface area contributed by atoms with E-state index in [-0.39, 0.29) is 17.8 Å². The first-order valence-electron chi connectivity index (χ1n) is 8.91. The molecule has 1 saturated carbocycles. The Morgan fingerprint density at radius 1 is 1.17 bits per heavy atom. The maximum Gasteiger partial charge on any atom is 0.225 e. The normalized spacial score (nSPS) is 26.3. The quantitative estimate of drug-likeness (QED) is 0.931. The molecule has 126 valence electrons. The minimum absolute atomic E-state index is 0.109. The Morgan fingerprint density at radius 2 is 1.91 bits per heavy atom. The van der Waals surface area contributed by atoms with Gasteiger partial charge in [-0.3, -0.25) is 4.79 Å². The van der Waals surface area contributed by atoms with Crippen molar-refractivity contribution in [2.45, 2.75) is 51.0 Å². The van der Waals surface area contributed by atoms with Crippen LogP contribution in [0.4, 0.5) is 4.39 Å². The zero-order chi connectivity index (χ0) is 16.2. The van der Waals surface area contributed by atoms with Crippen LogP contribution in [0.1, 0.15) is 44.1 Å². The number of carbonyl (C=O) groups excluding carboxylic acids is 1. The summed E-state index contributed by atoms with van der Waals surface area (Å²) in [5, 5.41) is 0. The lowest BCUT2D eigenvalue weighted by Crippen LogP contribution is -2.44. The fourth-order valence-corrected chi connectivity index (χ4v) is 4.04. The highest BCUT2D eigenvalue weighted by Crippen LogP contribution is 2.28. The summed E-state index contributed by atoms with van der Waals surface area (Å²) in [6, 6.07) is 7.21. The maximum absolute atomic E-state index is 13.8. The van der Waals surface area contributed by atoms with E-state index in [9.17, 15) is 9.18 Å². The predicted molar refractivity (Wildman–Crippen MR) is 89.3 cm³/mol. The van der Waals surface area contributed by atoms with Crippen molar-refractivity contribution in [2.75, 3.05) is 13.1 Å². The number of hydrogen-bond acceptors (Lipinski definition) is 2. The lowest BCUT2D eigenvalue weighted by molar-refractivity contribution is -0.138. The maximum atomic E-state index is 13.8. The summed E-state index contributed by atoms with van der Waals surface area (Å²) in [6.07, 6.45) is 6.67. The number of likely N-dealkylation sites (tertiary alicyclic amines) is 1. The highest BCUT2D eigenvalue weighted by molar-refractivity contribution is 5.79. The average Bonchev–Trinajstić information content (AvgIpc) is 2.57. The molecular weight excluding hydrogens is 291 g/mol. The Balaban J connectivity index is 1.50. The number of nitrogens with two attached hydrogens (primary N) is 1. The summed E-state index contributed by atoms with van der Waals surface area (Å²) < 4.78 is 13.8. The Morgan fingerprint density at radius 3 is 2.61 bits per heavy atom. The summed E-state index contributed by atoms with van der Waals surface area (Å²) in [7, 11) is 0. The molecule has 0 aromatic heterocycles. The molecule has 0 unspecified atom stereocenters. The second-order valence-electron chi connectivity index (χ2n) is 7.19. The molecule has 2 N–H and O–H groups in total. The van der Waals surface area contributed by atoms with Crippen LogP contribution in [0.3, 0.4) is 0 Å². The molecule has 0 bridgehead atoms. The average molecular weight is 318 g/mol. The van der Waals surface area contributed by atoms with Gasteiger partial charge in [0, 0.05) is 25.0 Å². The zero-order valence-corrected chi connectivity index (χ0v) is 13.7. The van der Waals surface area contributed by atoms with Gasteiger partial charge in [0.2, 0.25) is 5.91 Å². The topological polar surface area (TPSA) is 46.3 Å². The number of piperidine rings is 1. The van der Waals surface area contributed by atoms with Crippen molar-refractivity contribution in [1.82, 2.24) is 4.90 Å². The van der Waals surface area contributed by atoms with Crippen LogP contribution >= 0.6 is 0 Å². The number of halogens is 1. The number of rotatable bonds is 3. The molecule has 23 heavy (non-hydrogen) atoms. The first-order valence-corrected chi connectivity index (χ1v) is 8.91. The highest BCUT2D eigenvalue weighted by Gasteiger charge is 2.31. The van der Waals surface area contributed by atoms with E-state index in [1.165, 1.54) is 6.07 Å². The zero-order valence-electron chi connectivity index (χ0n) is 13.7. The van der Waals surface area contributed by atoms with Gasteiger partial charge < -0.3 is 10.6 Å². The molecular formula is C19H27FN2O. The molecule has 1 saturated heterocycles. The summed E-state index contributed by atoms with van der Waals surface area (Å²) in [6.45, 7) is 1.62. The van der Waals surface area contributed by atoms with Crippen LogP contribution in [0.2, 0.25) is 0 Å². The first-order chi connectivity index (χ1) is 11.1. The van der Waals surface area contributed by atoms with Gasteiger partial charge in [-0.05, 0) is 56.1 Å². The highest BCUT2D eigenvalue weighted by atomic mass is 19.1. The molecule has 2 atom stereocenters. The van der Waals surface area contributed by atoms with Crippen LogP contribution in [0.5, 0.6) is 0 Å². The van der Waals surface area contributed by atoms with Crippen molar-refractivity contribution in [2.24, 2.45) is 17.6 Å². The van der Waals surface area contributed by atoms with Crippen molar-refractivity contribution in [3.05, 3.63) is 35.6 Å². The standard InChI is InChI=1S/C19H27FN2O/c20-18-7-2-1-4-15(18)12-14-8-10-22(11-9-14)19(23)16-5-3-6-17(21)13-16/h1-2,4,7,14,16-17H,3,5-6,8-13,21H2/t16-,17+/m1/s1. The van der Waals surface area contributed by atoms with Crippen LogP contribution in [0, 0.1) is 17.7 Å². The molecule has 1 aromatic rings. The first kappa shape index (κ1) is 16.4. The van der Waals surface area contributed by atoms with E-state index in [4.69, 9.17) is 5.73 Å². The summed E-state index contributed by atoms with van der Waals surface area (Å²) >= 11 is 0. The van der Waals surface area contributed by atoms with E-state index in [0.29, 0.717) is 11.8 Å². The molecule has 3 nitrogen and oxygen atoms in total. The number of hydrogen-bond donors (Lipinski definition) is 1. The number of carbonyl (C=O) groups is 1. The summed E-state index contributed by atoms with van der Waals surface area (Å²) in [4.78, 5) is 14.6. The second kappa shape index (κ2) is 7.43. The Hall–Kier alpha value is -1.42. The van der Waals surface area contributed by atoms with Crippen molar-refractivity contribution >= 4 is 5.91 Å². The SMILES string of the molecule is N[C@H]1CCC[C@@H](C(=O)N2CCC(Cc3ccccc3F)CC2)C1. The van der Waals surface area contributed by atoms with Gasteiger partial charge in [-0.1, -0.05) is 24.6 Å². The monoisotopic (exact) mass is 318 g/mol. The summed E-state index contributed by atoms with van der Waals surface area (Å²) in [5.74, 6) is 0.790. The molecule has 1 aliphatic carbocycles. The van der Waals surface area contributed by atoms with Crippen molar-refractivity contribution in [1.29, 1.82) is 0 Å². The van der Waals surface area contributed by atoms with Gasteiger partial charge in [0.15, 0.2) is 0 Å². The van der Waals surface area contributed by atoms with Gasteiger partial charge >= 0.3 is 0 Å². The van der Waals surface area contributed by atoms with Gasteiger partial charge in [0.1, 0.15) is 5.82 Å². The van der Waals surface area contributed by atoms with Gasteiger partial charge in [-0.15, -0.1) is 0 Å². The molecule has 1 aromatic carbocycles. The third-order valence-electron chi connectivity index (χ3n) is 5.46. The molecule has 0 spiro atoms. The lowest BCUT2D eigenvalue weighted by atomic mass is 9.84. The number of nitrogens with zero attached hydrogens (tertiary/aromatic N) is 1. The fourth-order valence-electron chi connectivity index (χ4n) is 4.04.